The van der Waals surface area contributed by atoms with Crippen molar-refractivity contribution in [1.29, 1.82) is 0 Å². The molecule has 3 aromatic carbocycles. The molecule has 1 amide bonds. The van der Waals surface area contributed by atoms with Crippen molar-refractivity contribution in [2.24, 2.45) is 7.05 Å². The first kappa shape index (κ1) is 29.5. The number of benzene rings is 3. The van der Waals surface area contributed by atoms with E-state index in [0.29, 0.717) is 18.7 Å². The van der Waals surface area contributed by atoms with E-state index in [2.05, 4.69) is 47.0 Å². The normalized spacial score (nSPS) is 12.7. The number of nitro groups is 1. The summed E-state index contributed by atoms with van der Waals surface area (Å²) in [7, 11) is 1.98. The summed E-state index contributed by atoms with van der Waals surface area (Å²) < 4.78 is 4.68. The minimum absolute atomic E-state index is 0.0500. The molecule has 1 aromatic heterocycles. The quantitative estimate of drug-likeness (QED) is 0.137. The van der Waals surface area contributed by atoms with Crippen LogP contribution in [0, 0.1) is 15.8 Å². The number of hydrogen-bond acceptors (Lipinski definition) is 5. The van der Waals surface area contributed by atoms with Gasteiger partial charge in [0.05, 0.1) is 17.2 Å². The smallest absolute Gasteiger partial charge is 0.271 e. The summed E-state index contributed by atoms with van der Waals surface area (Å²) in [4.78, 5) is 29.6. The number of rotatable bonds is 8. The van der Waals surface area contributed by atoms with Crippen molar-refractivity contribution in [3.63, 3.8) is 0 Å². The molecule has 0 radical (unpaired) electrons. The number of hydrogen-bond donors (Lipinski definition) is 1. The fourth-order valence-corrected chi connectivity index (χ4v) is 5.19. The lowest BCUT2D eigenvalue weighted by Gasteiger charge is -2.26. The average molecular weight is 570 g/mol. The lowest BCUT2D eigenvalue weighted by atomic mass is 9.91. The zero-order chi connectivity index (χ0) is 29.2. The zero-order valence-corrected chi connectivity index (χ0v) is 24.2. The third-order valence-electron chi connectivity index (χ3n) is 7.25. The van der Waals surface area contributed by atoms with Gasteiger partial charge in [-0.15, -0.1) is 0 Å². The first-order valence-electron chi connectivity index (χ1n) is 13.6. The van der Waals surface area contributed by atoms with E-state index in [4.69, 9.17) is 5.69 Å². The molecule has 0 saturated carbocycles. The Morgan fingerprint density at radius 3 is 2.54 bits per heavy atom. The molecule has 5 rings (SSSR count). The number of nitrogens with zero attached hydrogens (tertiary/aromatic N) is 4. The number of non-ortho nitro benzene ring substituents is 1. The van der Waals surface area contributed by atoms with E-state index in [1.54, 1.807) is 18.3 Å². The van der Waals surface area contributed by atoms with Gasteiger partial charge < -0.3 is 14.2 Å². The SMILES string of the molecule is C#SNc1cccc([N+](=O)[O-])c1.C[C@@H](CC(=O)N(Cc1nccn1C)c1ccc2c(c1)CCCC2)c1ccccc1. The zero-order valence-electron chi connectivity index (χ0n) is 23.4. The van der Waals surface area contributed by atoms with Gasteiger partial charge >= 0.3 is 0 Å². The summed E-state index contributed by atoms with van der Waals surface area (Å²) in [5, 5.41) is 10.3. The summed E-state index contributed by atoms with van der Waals surface area (Å²) in [6, 6.07) is 23.0. The number of fused-ring (bicyclic) bond motifs is 1. The lowest BCUT2D eigenvalue weighted by molar-refractivity contribution is -0.384. The van der Waals surface area contributed by atoms with Crippen LogP contribution in [0.25, 0.3) is 0 Å². The number of aromatic nitrogens is 2. The first-order chi connectivity index (χ1) is 19.9. The van der Waals surface area contributed by atoms with Crippen LogP contribution in [-0.4, -0.2) is 20.4 Å². The summed E-state index contributed by atoms with van der Waals surface area (Å²) in [6.45, 7) is 2.61. The Hall–Kier alpha value is -4.46. The van der Waals surface area contributed by atoms with E-state index in [1.165, 1.54) is 41.7 Å². The fourth-order valence-electron chi connectivity index (χ4n) is 4.92. The summed E-state index contributed by atoms with van der Waals surface area (Å²) in [6.07, 6.45) is 8.94. The van der Waals surface area contributed by atoms with Crippen molar-refractivity contribution >= 4 is 34.3 Å². The van der Waals surface area contributed by atoms with Gasteiger partial charge in [-0.1, -0.05) is 55.1 Å². The monoisotopic (exact) mass is 569 g/mol. The predicted molar refractivity (Wildman–Crippen MR) is 166 cm³/mol. The third kappa shape index (κ3) is 8.03. The Bertz CT molecular complexity index is 1530. The highest BCUT2D eigenvalue weighted by Crippen LogP contribution is 2.29. The highest BCUT2D eigenvalue weighted by atomic mass is 32.1. The van der Waals surface area contributed by atoms with Crippen LogP contribution >= 0.6 is 11.4 Å². The molecule has 4 aromatic rings. The Morgan fingerprint density at radius 1 is 1.10 bits per heavy atom. The molecule has 1 aliphatic rings. The first-order valence-corrected chi connectivity index (χ1v) is 14.5. The molecule has 1 N–H and O–H groups in total. The second kappa shape index (κ2) is 14.3. The van der Waals surface area contributed by atoms with Crippen LogP contribution in [0.5, 0.6) is 0 Å². The number of nitro benzene ring substituents is 1. The molecule has 0 aliphatic heterocycles. The number of carbonyl (C=O) groups excluding carboxylic acids is 1. The number of anilines is 2. The minimum atomic E-state index is -0.452. The molecule has 8 nitrogen and oxygen atoms in total. The van der Waals surface area contributed by atoms with Crippen molar-refractivity contribution < 1.29 is 9.72 Å². The van der Waals surface area contributed by atoms with Gasteiger partial charge in [-0.3, -0.25) is 14.9 Å². The van der Waals surface area contributed by atoms with Gasteiger partial charge in [0.15, 0.2) is 0 Å². The van der Waals surface area contributed by atoms with Crippen LogP contribution in [0.15, 0.2) is 85.2 Å². The molecule has 1 aliphatic carbocycles. The molecule has 212 valence electrons. The van der Waals surface area contributed by atoms with Crippen molar-refractivity contribution in [3.8, 4) is 5.69 Å². The van der Waals surface area contributed by atoms with Crippen LogP contribution in [-0.2, 0) is 31.2 Å². The molecular weight excluding hydrogens is 534 g/mol. The van der Waals surface area contributed by atoms with Gasteiger partial charge in [0, 0.05) is 43.7 Å². The van der Waals surface area contributed by atoms with Gasteiger partial charge in [-0.2, -0.15) is 0 Å². The molecule has 0 unspecified atom stereocenters. The van der Waals surface area contributed by atoms with E-state index < -0.39 is 4.92 Å². The van der Waals surface area contributed by atoms with Crippen LogP contribution in [0.1, 0.15) is 54.6 Å². The average Bonchev–Trinajstić information content (AvgIpc) is 3.40. The van der Waals surface area contributed by atoms with Gasteiger partial charge in [-0.25, -0.2) is 4.98 Å². The largest absolute Gasteiger partial charge is 0.337 e. The summed E-state index contributed by atoms with van der Waals surface area (Å²) >= 11 is 0.903. The molecule has 41 heavy (non-hydrogen) atoms. The number of aryl methyl sites for hydroxylation is 3. The summed E-state index contributed by atoms with van der Waals surface area (Å²) in [5.41, 5.74) is 10.8. The fraction of sp³-hybridized carbons (Fsp3) is 0.281. The molecule has 9 heteroatoms. The molecule has 0 bridgehead atoms. The molecule has 0 fully saturated rings. The maximum atomic E-state index is 13.4. The van der Waals surface area contributed by atoms with Crippen LogP contribution in [0.2, 0.25) is 0 Å². The highest BCUT2D eigenvalue weighted by molar-refractivity contribution is 7.89. The van der Waals surface area contributed by atoms with E-state index in [1.807, 2.05) is 40.9 Å². The van der Waals surface area contributed by atoms with Gasteiger partial charge in [0.2, 0.25) is 5.91 Å². The topological polar surface area (TPSA) is 93.3 Å². The van der Waals surface area contributed by atoms with Crippen LogP contribution in [0.4, 0.5) is 17.1 Å². The Labute approximate surface area is 244 Å². The van der Waals surface area contributed by atoms with Crippen LogP contribution in [0.3, 0.4) is 0 Å². The number of nitrogens with one attached hydrogen (secondary N) is 1. The Kier molecular flexibility index (Phi) is 10.3. The predicted octanol–water partition coefficient (Wildman–Crippen LogP) is 7.27. The molecular formula is C32H35N5O3S. The molecule has 0 spiro atoms. The Balaban J connectivity index is 0.000000271. The number of amides is 1. The number of carbonyl (C=O) groups is 1. The van der Waals surface area contributed by atoms with Gasteiger partial charge in [0.1, 0.15) is 5.82 Å². The molecule has 1 heterocycles. The maximum absolute atomic E-state index is 13.4. The standard InChI is InChI=1S/C25H29N3O.C7H6N2O2S/c1-19(20-8-4-3-5-9-20)16-25(29)28(18-24-26-14-15-27(24)2)23-13-12-21-10-6-7-11-22(21)17-23;1-12-8-6-3-2-4-7(5-6)9(10)11/h3-5,8-9,12-15,17,19H,6-7,10-11,16,18H2,1-2H3;1-5,8H/t19-;/m0./s1. The van der Waals surface area contributed by atoms with Gasteiger partial charge in [-0.05, 0) is 77.8 Å². The minimum Gasteiger partial charge on any atom is -0.337 e. The van der Waals surface area contributed by atoms with Gasteiger partial charge in [0.25, 0.3) is 5.69 Å². The van der Waals surface area contributed by atoms with Crippen molar-refractivity contribution in [2.75, 3.05) is 9.62 Å². The van der Waals surface area contributed by atoms with Crippen LogP contribution < -0.4 is 9.62 Å². The number of imidazole rings is 1. The van der Waals surface area contributed by atoms with E-state index in [0.717, 1.165) is 35.7 Å². The molecule has 1 atom stereocenters. The van der Waals surface area contributed by atoms with Crippen molar-refractivity contribution in [1.82, 2.24) is 9.55 Å². The Morgan fingerprint density at radius 2 is 1.85 bits per heavy atom. The maximum Gasteiger partial charge on any atom is 0.271 e. The van der Waals surface area contributed by atoms with Crippen molar-refractivity contribution in [3.05, 3.63) is 118 Å². The lowest BCUT2D eigenvalue weighted by Crippen LogP contribution is -2.32. The van der Waals surface area contributed by atoms with E-state index in [-0.39, 0.29) is 17.5 Å². The third-order valence-corrected chi connectivity index (χ3v) is 7.60. The second-order valence-electron chi connectivity index (χ2n) is 10.1. The van der Waals surface area contributed by atoms with E-state index >= 15 is 0 Å². The molecule has 0 saturated heterocycles. The second-order valence-corrected chi connectivity index (χ2v) is 10.6. The van der Waals surface area contributed by atoms with E-state index in [9.17, 15) is 14.9 Å². The highest BCUT2D eigenvalue weighted by Gasteiger charge is 2.22. The van der Waals surface area contributed by atoms with Crippen molar-refractivity contribution in [2.45, 2.75) is 51.5 Å². The summed E-state index contributed by atoms with van der Waals surface area (Å²) in [5.74, 6) is 1.20.